The van der Waals surface area contributed by atoms with E-state index in [2.05, 4.69) is 17.2 Å². The number of ether oxygens (including phenoxy) is 1. The van der Waals surface area contributed by atoms with Crippen LogP contribution < -0.4 is 5.32 Å². The largest absolute Gasteiger partial charge is 0.391 e. The molecule has 0 unspecified atom stereocenters. The van der Waals surface area contributed by atoms with Crippen LogP contribution in [0.25, 0.3) is 0 Å². The molecule has 0 spiro atoms. The summed E-state index contributed by atoms with van der Waals surface area (Å²) in [5, 5.41) is 33.3. The molecular formula is C11H20N2O4S. The summed E-state index contributed by atoms with van der Waals surface area (Å²) >= 11 is 1.40. The highest BCUT2D eigenvalue weighted by Gasteiger charge is 2.49. The lowest BCUT2D eigenvalue weighted by Crippen LogP contribution is -2.57. The minimum absolute atomic E-state index is 0.345. The maximum atomic E-state index is 10.0. The van der Waals surface area contributed by atoms with Crippen molar-refractivity contribution in [1.82, 2.24) is 5.32 Å². The number of hydrogen-bond acceptors (Lipinski definition) is 7. The van der Waals surface area contributed by atoms with E-state index in [-0.39, 0.29) is 5.44 Å². The maximum absolute atomic E-state index is 10.0. The number of fused-ring (bicyclic) bond motifs is 1. The second-order valence-electron chi connectivity index (χ2n) is 4.66. The van der Waals surface area contributed by atoms with Gasteiger partial charge in [-0.2, -0.15) is 0 Å². The molecular weight excluding hydrogens is 256 g/mol. The molecule has 18 heavy (non-hydrogen) atoms. The third-order valence-corrected chi connectivity index (χ3v) is 4.20. The molecule has 0 aliphatic carbocycles. The number of aliphatic hydroxyl groups is 3. The molecule has 0 aromatic heterocycles. The summed E-state index contributed by atoms with van der Waals surface area (Å²) in [5.74, 6) is 0. The zero-order valence-electron chi connectivity index (χ0n) is 10.5. The zero-order chi connectivity index (χ0) is 13.3. The quantitative estimate of drug-likeness (QED) is 0.544. The van der Waals surface area contributed by atoms with E-state index in [9.17, 15) is 15.3 Å². The van der Waals surface area contributed by atoms with Gasteiger partial charge in [0.1, 0.15) is 29.8 Å². The van der Waals surface area contributed by atoms with E-state index in [1.54, 1.807) is 0 Å². The summed E-state index contributed by atoms with van der Waals surface area (Å²) in [4.78, 5) is 4.32. The van der Waals surface area contributed by atoms with Gasteiger partial charge in [-0.1, -0.05) is 18.7 Å². The van der Waals surface area contributed by atoms with Gasteiger partial charge in [-0.15, -0.1) is 0 Å². The molecule has 2 aliphatic heterocycles. The van der Waals surface area contributed by atoms with E-state index in [0.717, 1.165) is 18.1 Å². The van der Waals surface area contributed by atoms with Crippen molar-refractivity contribution in [2.45, 2.75) is 56.2 Å². The molecule has 0 bridgehead atoms. The number of hydrogen-bond donors (Lipinski definition) is 4. The first kappa shape index (κ1) is 14.1. The molecule has 0 saturated carbocycles. The molecule has 0 aromatic rings. The van der Waals surface area contributed by atoms with Gasteiger partial charge in [0, 0.05) is 6.54 Å². The number of aliphatic imine (C=N–C) groups is 1. The Hall–Kier alpha value is -0.340. The SMILES string of the molecule is CCCNC1=N[C@@H]2[C@@H](O)[C@H](O)[C@@H]([C@H](C)O)O[C@@H]2S1. The van der Waals surface area contributed by atoms with Crippen molar-refractivity contribution in [3.8, 4) is 0 Å². The fraction of sp³-hybridized carbons (Fsp3) is 0.909. The van der Waals surface area contributed by atoms with Crippen LogP contribution in [0.15, 0.2) is 4.99 Å². The molecule has 6 nitrogen and oxygen atoms in total. The fourth-order valence-electron chi connectivity index (χ4n) is 2.10. The Kier molecular flexibility index (Phi) is 4.50. The van der Waals surface area contributed by atoms with E-state index in [4.69, 9.17) is 4.74 Å². The maximum Gasteiger partial charge on any atom is 0.159 e. The topological polar surface area (TPSA) is 94.3 Å². The number of nitrogens with zero attached hydrogens (tertiary/aromatic N) is 1. The third kappa shape index (κ3) is 2.65. The average Bonchev–Trinajstić information content (AvgIpc) is 2.74. The Morgan fingerprint density at radius 3 is 2.78 bits per heavy atom. The molecule has 1 fully saturated rings. The summed E-state index contributed by atoms with van der Waals surface area (Å²) in [5.41, 5.74) is -0.345. The van der Waals surface area contributed by atoms with Crippen LogP contribution in [-0.2, 0) is 4.74 Å². The van der Waals surface area contributed by atoms with Gasteiger partial charge in [-0.05, 0) is 13.3 Å². The number of nitrogens with one attached hydrogen (secondary N) is 1. The minimum atomic E-state index is -1.11. The highest BCUT2D eigenvalue weighted by molar-refractivity contribution is 8.14. The van der Waals surface area contributed by atoms with Gasteiger partial charge in [-0.25, -0.2) is 0 Å². The van der Waals surface area contributed by atoms with Crippen LogP contribution in [0.5, 0.6) is 0 Å². The van der Waals surface area contributed by atoms with Gasteiger partial charge in [-0.3, -0.25) is 4.99 Å². The molecule has 0 amide bonds. The summed E-state index contributed by atoms with van der Waals surface area (Å²) in [6, 6.07) is -0.473. The first-order chi connectivity index (χ1) is 8.54. The molecule has 2 rings (SSSR count). The number of amidine groups is 1. The van der Waals surface area contributed by atoms with Gasteiger partial charge < -0.3 is 25.4 Å². The van der Waals surface area contributed by atoms with Crippen LogP contribution >= 0.6 is 11.8 Å². The summed E-state index contributed by atoms with van der Waals surface area (Å²) in [7, 11) is 0. The normalized spacial score (nSPS) is 41.2. The number of aliphatic hydroxyl groups excluding tert-OH is 3. The van der Waals surface area contributed by atoms with Gasteiger partial charge >= 0.3 is 0 Å². The molecule has 2 aliphatic rings. The molecule has 104 valence electrons. The van der Waals surface area contributed by atoms with Crippen LogP contribution in [0.4, 0.5) is 0 Å². The summed E-state index contributed by atoms with van der Waals surface area (Å²) in [6.45, 7) is 4.40. The molecule has 4 N–H and O–H groups in total. The van der Waals surface area contributed by atoms with E-state index >= 15 is 0 Å². The van der Waals surface area contributed by atoms with E-state index < -0.39 is 30.5 Å². The van der Waals surface area contributed by atoms with Gasteiger partial charge in [0.2, 0.25) is 0 Å². The van der Waals surface area contributed by atoms with Crippen molar-refractivity contribution in [1.29, 1.82) is 0 Å². The van der Waals surface area contributed by atoms with Gasteiger partial charge in [0.15, 0.2) is 5.17 Å². The zero-order valence-corrected chi connectivity index (χ0v) is 11.3. The molecule has 0 radical (unpaired) electrons. The van der Waals surface area contributed by atoms with Crippen molar-refractivity contribution in [2.75, 3.05) is 6.54 Å². The Labute approximate surface area is 110 Å². The van der Waals surface area contributed by atoms with Crippen LogP contribution in [0.1, 0.15) is 20.3 Å². The van der Waals surface area contributed by atoms with Crippen molar-refractivity contribution < 1.29 is 20.1 Å². The minimum Gasteiger partial charge on any atom is -0.391 e. The fourth-order valence-corrected chi connectivity index (χ4v) is 3.24. The molecule has 1 saturated heterocycles. The summed E-state index contributed by atoms with van der Waals surface area (Å²) in [6.07, 6.45) is -2.73. The monoisotopic (exact) mass is 276 g/mol. The number of thioether (sulfide) groups is 1. The second-order valence-corrected chi connectivity index (χ2v) is 5.75. The Bertz CT molecular complexity index is 326. The highest BCUT2D eigenvalue weighted by atomic mass is 32.2. The summed E-state index contributed by atoms with van der Waals surface area (Å²) < 4.78 is 5.61. The molecule has 0 aromatic carbocycles. The Balaban J connectivity index is 2.04. The average molecular weight is 276 g/mol. The van der Waals surface area contributed by atoms with Gasteiger partial charge in [0.05, 0.1) is 6.10 Å². The lowest BCUT2D eigenvalue weighted by molar-refractivity contribution is -0.181. The third-order valence-electron chi connectivity index (χ3n) is 3.10. The van der Waals surface area contributed by atoms with Crippen LogP contribution in [0.2, 0.25) is 0 Å². The molecule has 6 atom stereocenters. The predicted octanol–water partition coefficient (Wildman–Crippen LogP) is -0.715. The highest BCUT2D eigenvalue weighted by Crippen LogP contribution is 2.36. The molecule has 7 heteroatoms. The Morgan fingerprint density at radius 2 is 2.17 bits per heavy atom. The lowest BCUT2D eigenvalue weighted by Gasteiger charge is -2.39. The Morgan fingerprint density at radius 1 is 1.44 bits per heavy atom. The standard InChI is InChI=1S/C11H20N2O4S/c1-3-4-12-11-13-6-7(15)8(16)9(5(2)14)17-10(6)18-11/h5-10,14-16H,3-4H2,1-2H3,(H,12,13)/t5-,6+,7+,8-,9+,10+/m0/s1. The van der Waals surface area contributed by atoms with Crippen molar-refractivity contribution in [3.05, 3.63) is 0 Å². The van der Waals surface area contributed by atoms with Crippen LogP contribution in [0, 0.1) is 0 Å². The van der Waals surface area contributed by atoms with E-state index in [1.807, 2.05) is 0 Å². The predicted molar refractivity (Wildman–Crippen MR) is 69.5 cm³/mol. The second kappa shape index (κ2) is 5.75. The smallest absolute Gasteiger partial charge is 0.159 e. The molecule has 2 heterocycles. The van der Waals surface area contributed by atoms with Crippen molar-refractivity contribution >= 4 is 16.9 Å². The van der Waals surface area contributed by atoms with Crippen molar-refractivity contribution in [2.24, 2.45) is 4.99 Å². The first-order valence-electron chi connectivity index (χ1n) is 6.22. The van der Waals surface area contributed by atoms with Crippen LogP contribution in [0.3, 0.4) is 0 Å². The number of rotatable bonds is 3. The first-order valence-corrected chi connectivity index (χ1v) is 7.10. The lowest BCUT2D eigenvalue weighted by atomic mass is 9.95. The van der Waals surface area contributed by atoms with E-state index in [1.165, 1.54) is 18.7 Å². The van der Waals surface area contributed by atoms with Gasteiger partial charge in [0.25, 0.3) is 0 Å². The van der Waals surface area contributed by atoms with Crippen LogP contribution in [-0.4, -0.2) is 62.9 Å². The van der Waals surface area contributed by atoms with Crippen molar-refractivity contribution in [3.63, 3.8) is 0 Å². The van der Waals surface area contributed by atoms with E-state index in [0.29, 0.717) is 0 Å².